The number of nitrogens with zero attached hydrogens (tertiary/aromatic N) is 2. The second kappa shape index (κ2) is 10.4. The quantitative estimate of drug-likeness (QED) is 0.294. The molecule has 0 aromatic carbocycles. The van der Waals surface area contributed by atoms with Crippen molar-refractivity contribution in [3.8, 4) is 5.88 Å². The first-order valence-electron chi connectivity index (χ1n) is 8.01. The molecule has 0 aliphatic heterocycles. The number of pyridine rings is 1. The van der Waals surface area contributed by atoms with Gasteiger partial charge in [0, 0.05) is 6.21 Å². The van der Waals surface area contributed by atoms with Crippen LogP contribution in [0.3, 0.4) is 0 Å². The van der Waals surface area contributed by atoms with E-state index >= 15 is 0 Å². The number of ether oxygens (including phenoxy) is 2. The fraction of sp³-hybridized carbons (Fsp3) is 0.529. The Morgan fingerprint density at radius 2 is 2.00 bits per heavy atom. The van der Waals surface area contributed by atoms with E-state index in [1.165, 1.54) is 19.4 Å². The highest BCUT2D eigenvalue weighted by atomic mass is 35.5. The lowest BCUT2D eigenvalue weighted by molar-refractivity contribution is -0.144. The number of methoxy groups -OCH3 is 1. The number of ketones is 1. The van der Waals surface area contributed by atoms with Gasteiger partial charge in [0.15, 0.2) is 5.92 Å². The predicted octanol–water partition coefficient (Wildman–Crippen LogP) is 2.85. The van der Waals surface area contributed by atoms with E-state index in [1.807, 2.05) is 13.8 Å². The monoisotopic (exact) mass is 404 g/mol. The van der Waals surface area contributed by atoms with Crippen molar-refractivity contribution in [3.05, 3.63) is 21.8 Å². The van der Waals surface area contributed by atoms with Crippen LogP contribution in [0.25, 0.3) is 0 Å². The average Bonchev–Trinajstić information content (AvgIpc) is 2.58. The Labute approximate surface area is 162 Å². The molecule has 1 unspecified atom stereocenters. The van der Waals surface area contributed by atoms with E-state index in [0.29, 0.717) is 0 Å². The number of aliphatic hydroxyl groups is 1. The number of aliphatic hydroxyl groups excluding tert-OH is 1. The van der Waals surface area contributed by atoms with Gasteiger partial charge >= 0.3 is 5.97 Å². The largest absolute Gasteiger partial charge is 0.480 e. The van der Waals surface area contributed by atoms with Gasteiger partial charge in [-0.25, -0.2) is 4.98 Å². The molecule has 1 heterocycles. The molecular formula is C17H22Cl2N2O5. The van der Waals surface area contributed by atoms with Gasteiger partial charge in [-0.15, -0.1) is 0 Å². The third-order valence-electron chi connectivity index (χ3n) is 3.53. The zero-order valence-corrected chi connectivity index (χ0v) is 16.5. The molecule has 144 valence electrons. The number of Topliss-reactive ketones (excluding diaryl/α,β-unsaturated/α-hetero) is 1. The van der Waals surface area contributed by atoms with E-state index in [1.54, 1.807) is 6.92 Å². The summed E-state index contributed by atoms with van der Waals surface area (Å²) in [4.78, 5) is 33.2. The number of esters is 1. The van der Waals surface area contributed by atoms with Crippen LogP contribution in [0.15, 0.2) is 11.1 Å². The summed E-state index contributed by atoms with van der Waals surface area (Å²) in [5, 5.41) is 9.48. The van der Waals surface area contributed by atoms with Crippen molar-refractivity contribution in [3.63, 3.8) is 0 Å². The summed E-state index contributed by atoms with van der Waals surface area (Å²) in [5.74, 6) is -2.80. The molecule has 0 saturated heterocycles. The topological polar surface area (TPSA) is 98.1 Å². The lowest BCUT2D eigenvalue weighted by Crippen LogP contribution is -2.30. The van der Waals surface area contributed by atoms with Crippen molar-refractivity contribution < 1.29 is 24.2 Å². The number of carbonyl (C=O) groups is 2. The minimum absolute atomic E-state index is 0.00868. The molecule has 1 aromatic rings. The number of halogens is 2. The summed E-state index contributed by atoms with van der Waals surface area (Å²) in [6.07, 6.45) is 1.17. The van der Waals surface area contributed by atoms with Crippen LogP contribution < -0.4 is 4.74 Å². The Kier molecular flexibility index (Phi) is 8.98. The minimum atomic E-state index is -1.35. The van der Waals surface area contributed by atoms with Gasteiger partial charge in [0.25, 0.3) is 0 Å². The summed E-state index contributed by atoms with van der Waals surface area (Å²) in [5.41, 5.74) is -0.178. The normalized spacial score (nSPS) is 13.7. The number of aliphatic imine (C=N–C) groups is 1. The number of hydrogen-bond donors (Lipinski definition) is 1. The van der Waals surface area contributed by atoms with Crippen molar-refractivity contribution >= 4 is 41.2 Å². The highest BCUT2D eigenvalue weighted by Gasteiger charge is 2.31. The second-order valence-corrected chi connectivity index (χ2v) is 6.51. The van der Waals surface area contributed by atoms with E-state index in [9.17, 15) is 14.7 Å². The lowest BCUT2D eigenvalue weighted by Gasteiger charge is -2.15. The summed E-state index contributed by atoms with van der Waals surface area (Å²) in [6, 6.07) is 0.856. The van der Waals surface area contributed by atoms with E-state index < -0.39 is 23.7 Å². The fourth-order valence-electron chi connectivity index (χ4n) is 2.01. The standard InChI is InChI=1S/C17H22Cl2N2O5/c1-5-26-17(24)10(7-20-13(8-22)9(2)3)15(23)14-11(18)6-12(19)16(21-14)25-4/h6-7,9-10,13,22H,5,8H2,1-4H3/t10?,13-/m1/s1. The molecule has 0 aliphatic carbocycles. The van der Waals surface area contributed by atoms with Crippen molar-refractivity contribution in [1.82, 2.24) is 4.98 Å². The molecule has 0 aliphatic rings. The molecular weight excluding hydrogens is 383 g/mol. The zero-order valence-electron chi connectivity index (χ0n) is 15.0. The first-order chi connectivity index (χ1) is 12.3. The van der Waals surface area contributed by atoms with Crippen LogP contribution in [0.5, 0.6) is 5.88 Å². The highest BCUT2D eigenvalue weighted by molar-refractivity contribution is 6.38. The van der Waals surface area contributed by atoms with E-state index in [-0.39, 0.29) is 40.8 Å². The smallest absolute Gasteiger partial charge is 0.322 e. The van der Waals surface area contributed by atoms with Gasteiger partial charge in [0.05, 0.1) is 31.4 Å². The van der Waals surface area contributed by atoms with Gasteiger partial charge in [0.1, 0.15) is 10.7 Å². The van der Waals surface area contributed by atoms with E-state index in [2.05, 4.69) is 9.98 Å². The highest BCUT2D eigenvalue weighted by Crippen LogP contribution is 2.29. The Morgan fingerprint density at radius 1 is 1.35 bits per heavy atom. The third-order valence-corrected chi connectivity index (χ3v) is 4.09. The van der Waals surface area contributed by atoms with Crippen LogP contribution in [0.4, 0.5) is 0 Å². The minimum Gasteiger partial charge on any atom is -0.480 e. The number of carbonyl (C=O) groups excluding carboxylic acids is 2. The van der Waals surface area contributed by atoms with Crippen molar-refractivity contribution in [2.24, 2.45) is 16.8 Å². The van der Waals surface area contributed by atoms with Crippen LogP contribution in [0.1, 0.15) is 31.3 Å². The van der Waals surface area contributed by atoms with Gasteiger partial charge in [-0.1, -0.05) is 37.0 Å². The lowest BCUT2D eigenvalue weighted by atomic mass is 10.0. The number of hydrogen-bond acceptors (Lipinski definition) is 7. The first-order valence-corrected chi connectivity index (χ1v) is 8.77. The SMILES string of the molecule is CCOC(=O)C(C=N[C@H](CO)C(C)C)C(=O)c1nc(OC)c(Cl)cc1Cl. The molecule has 9 heteroatoms. The Balaban J connectivity index is 3.28. The average molecular weight is 405 g/mol. The molecule has 1 rings (SSSR count). The first kappa shape index (κ1) is 22.3. The van der Waals surface area contributed by atoms with Crippen molar-refractivity contribution in [1.29, 1.82) is 0 Å². The Bertz CT molecular complexity index is 679. The van der Waals surface area contributed by atoms with Gasteiger partial charge in [0.2, 0.25) is 11.7 Å². The van der Waals surface area contributed by atoms with Crippen LogP contribution in [0.2, 0.25) is 10.0 Å². The predicted molar refractivity (Wildman–Crippen MR) is 99.5 cm³/mol. The number of rotatable bonds is 9. The maximum absolute atomic E-state index is 12.8. The van der Waals surface area contributed by atoms with Crippen molar-refractivity contribution in [2.75, 3.05) is 20.3 Å². The molecule has 0 bridgehead atoms. The Morgan fingerprint density at radius 3 is 2.50 bits per heavy atom. The summed E-state index contributed by atoms with van der Waals surface area (Å²) >= 11 is 12.0. The zero-order chi connectivity index (χ0) is 19.9. The van der Waals surface area contributed by atoms with Gasteiger partial charge in [-0.2, -0.15) is 0 Å². The fourth-order valence-corrected chi connectivity index (χ4v) is 2.54. The maximum atomic E-state index is 12.8. The maximum Gasteiger partial charge on any atom is 0.322 e. The van der Waals surface area contributed by atoms with E-state index in [0.717, 1.165) is 0 Å². The van der Waals surface area contributed by atoms with E-state index in [4.69, 9.17) is 32.7 Å². The molecule has 0 fully saturated rings. The third kappa shape index (κ3) is 5.65. The molecule has 0 radical (unpaired) electrons. The van der Waals surface area contributed by atoms with Gasteiger partial charge in [-0.05, 0) is 18.9 Å². The van der Waals surface area contributed by atoms with Gasteiger partial charge in [-0.3, -0.25) is 14.6 Å². The van der Waals surface area contributed by atoms with Gasteiger partial charge < -0.3 is 14.6 Å². The van der Waals surface area contributed by atoms with Crippen molar-refractivity contribution in [2.45, 2.75) is 26.8 Å². The molecule has 1 N–H and O–H groups in total. The molecule has 0 amide bonds. The molecule has 0 spiro atoms. The molecule has 0 saturated carbocycles. The second-order valence-electron chi connectivity index (χ2n) is 5.70. The molecule has 1 aromatic heterocycles. The summed E-state index contributed by atoms with van der Waals surface area (Å²) in [6.45, 7) is 5.22. The Hall–Kier alpha value is -1.70. The summed E-state index contributed by atoms with van der Waals surface area (Å²) in [7, 11) is 1.34. The van der Waals surface area contributed by atoms with Crippen LogP contribution in [-0.2, 0) is 9.53 Å². The molecule has 2 atom stereocenters. The van der Waals surface area contributed by atoms with Crippen LogP contribution >= 0.6 is 23.2 Å². The van der Waals surface area contributed by atoms with Crippen LogP contribution in [0, 0.1) is 11.8 Å². The molecule has 7 nitrogen and oxygen atoms in total. The summed E-state index contributed by atoms with van der Waals surface area (Å²) < 4.78 is 9.94. The number of aromatic nitrogens is 1. The van der Waals surface area contributed by atoms with Crippen LogP contribution in [-0.4, -0.2) is 54.4 Å². The molecule has 26 heavy (non-hydrogen) atoms.